The molecular weight excluding hydrogens is 336 g/mol. The van der Waals surface area contributed by atoms with Crippen molar-refractivity contribution in [3.05, 3.63) is 95.6 Å². The highest BCUT2D eigenvalue weighted by molar-refractivity contribution is 5.41. The molecule has 27 heavy (non-hydrogen) atoms. The maximum Gasteiger partial charge on any atom is 0.118 e. The molecule has 0 aliphatic rings. The van der Waals surface area contributed by atoms with Crippen LogP contribution in [-0.2, 0) is 6.42 Å². The minimum absolute atomic E-state index is 0.186. The Labute approximate surface area is 160 Å². The zero-order valence-electron chi connectivity index (χ0n) is 15.8. The molecule has 3 aromatic carbocycles. The van der Waals surface area contributed by atoms with Gasteiger partial charge in [-0.15, -0.1) is 0 Å². The second-order valence-electron chi connectivity index (χ2n) is 6.75. The summed E-state index contributed by atoms with van der Waals surface area (Å²) in [5.74, 6) is 1.42. The van der Waals surface area contributed by atoms with Crippen molar-refractivity contribution in [3.63, 3.8) is 0 Å². The maximum atomic E-state index is 6.71. The molecule has 0 bridgehead atoms. The number of nitrogens with two attached hydrogens (primary N) is 2. The van der Waals surface area contributed by atoms with Gasteiger partial charge in [-0.2, -0.15) is 0 Å². The highest BCUT2D eigenvalue weighted by Crippen LogP contribution is 2.34. The third-order valence-electron chi connectivity index (χ3n) is 4.79. The molecule has 0 heterocycles. The van der Waals surface area contributed by atoms with Gasteiger partial charge in [0.1, 0.15) is 11.5 Å². The molecule has 0 radical (unpaired) electrons. The third kappa shape index (κ3) is 4.48. The first-order chi connectivity index (χ1) is 13.0. The fraction of sp³-hybridized carbons (Fsp3) is 0.217. The fourth-order valence-electron chi connectivity index (χ4n) is 3.46. The molecule has 0 saturated carbocycles. The molecule has 0 fully saturated rings. The van der Waals surface area contributed by atoms with E-state index in [0.717, 1.165) is 28.2 Å². The highest BCUT2D eigenvalue weighted by Gasteiger charge is 2.34. The third-order valence-corrected chi connectivity index (χ3v) is 4.79. The van der Waals surface area contributed by atoms with Gasteiger partial charge < -0.3 is 20.9 Å². The quantitative estimate of drug-likeness (QED) is 0.629. The second kappa shape index (κ2) is 8.25. The van der Waals surface area contributed by atoms with Crippen LogP contribution in [0.5, 0.6) is 11.5 Å². The van der Waals surface area contributed by atoms with Crippen molar-refractivity contribution in [2.75, 3.05) is 14.2 Å². The first-order valence-corrected chi connectivity index (χ1v) is 8.93. The van der Waals surface area contributed by atoms with E-state index in [4.69, 9.17) is 20.9 Å². The molecule has 0 saturated heterocycles. The predicted octanol–water partition coefficient (Wildman–Crippen LogP) is 3.69. The van der Waals surface area contributed by atoms with Crippen molar-refractivity contribution in [2.24, 2.45) is 11.5 Å². The number of rotatable bonds is 7. The lowest BCUT2D eigenvalue weighted by molar-refractivity contribution is 0.385. The second-order valence-corrected chi connectivity index (χ2v) is 6.75. The van der Waals surface area contributed by atoms with E-state index >= 15 is 0 Å². The van der Waals surface area contributed by atoms with Crippen molar-refractivity contribution in [2.45, 2.75) is 18.0 Å². The normalized spacial score (nSPS) is 11.4. The molecule has 3 aromatic rings. The van der Waals surface area contributed by atoms with Gasteiger partial charge >= 0.3 is 0 Å². The van der Waals surface area contributed by atoms with Crippen LogP contribution in [0.4, 0.5) is 0 Å². The van der Waals surface area contributed by atoms with E-state index in [1.165, 1.54) is 0 Å². The zero-order valence-corrected chi connectivity index (χ0v) is 15.8. The average molecular weight is 362 g/mol. The Kier molecular flexibility index (Phi) is 5.79. The van der Waals surface area contributed by atoms with E-state index in [2.05, 4.69) is 0 Å². The van der Waals surface area contributed by atoms with Gasteiger partial charge in [0.05, 0.1) is 19.9 Å². The van der Waals surface area contributed by atoms with Gasteiger partial charge in [-0.25, -0.2) is 0 Å². The van der Waals surface area contributed by atoms with Crippen molar-refractivity contribution in [1.82, 2.24) is 0 Å². The minimum Gasteiger partial charge on any atom is -0.497 e. The summed E-state index contributed by atoms with van der Waals surface area (Å²) in [7, 11) is 3.31. The van der Waals surface area contributed by atoms with Crippen LogP contribution in [0.2, 0.25) is 0 Å². The molecular formula is C23H26N2O2. The van der Waals surface area contributed by atoms with E-state index in [9.17, 15) is 0 Å². The van der Waals surface area contributed by atoms with Gasteiger partial charge in [0.25, 0.3) is 0 Å². The largest absolute Gasteiger partial charge is 0.497 e. The summed E-state index contributed by atoms with van der Waals surface area (Å²) >= 11 is 0. The number of hydrogen-bond acceptors (Lipinski definition) is 4. The van der Waals surface area contributed by atoms with E-state index in [-0.39, 0.29) is 5.92 Å². The summed E-state index contributed by atoms with van der Waals surface area (Å²) in [4.78, 5) is 0. The lowest BCUT2D eigenvalue weighted by Crippen LogP contribution is -2.56. The summed E-state index contributed by atoms with van der Waals surface area (Å²) < 4.78 is 10.6. The Balaban J connectivity index is 2.01. The molecule has 0 aliphatic carbocycles. The Bertz CT molecular complexity index is 796. The first kappa shape index (κ1) is 19.0. The standard InChI is InChI=1S/C23H26N2O2/c1-26-20-12-8-18(9-13-20)22(19-10-14-21(27-2)15-11-19)23(24,25)16-17-6-4-3-5-7-17/h3-15,22H,16,24-25H2,1-2H3. The molecule has 140 valence electrons. The SMILES string of the molecule is COc1ccc(C(c2ccc(OC)cc2)C(N)(N)Cc2ccccc2)cc1. The molecule has 0 spiro atoms. The van der Waals surface area contributed by atoms with Crippen molar-refractivity contribution in [1.29, 1.82) is 0 Å². The number of ether oxygens (including phenoxy) is 2. The molecule has 0 aromatic heterocycles. The molecule has 3 rings (SSSR count). The summed E-state index contributed by atoms with van der Waals surface area (Å²) in [5.41, 5.74) is 15.7. The molecule has 0 aliphatic heterocycles. The van der Waals surface area contributed by atoms with Gasteiger partial charge in [0.2, 0.25) is 0 Å². The van der Waals surface area contributed by atoms with Crippen molar-refractivity contribution >= 4 is 0 Å². The van der Waals surface area contributed by atoms with Crippen LogP contribution in [0.1, 0.15) is 22.6 Å². The molecule has 4 N–H and O–H groups in total. The minimum atomic E-state index is -0.968. The van der Waals surface area contributed by atoms with Crippen LogP contribution < -0.4 is 20.9 Å². The van der Waals surface area contributed by atoms with E-state index in [1.807, 2.05) is 78.9 Å². The van der Waals surface area contributed by atoms with Crippen LogP contribution in [0.3, 0.4) is 0 Å². The Morgan fingerprint density at radius 2 is 1.15 bits per heavy atom. The lowest BCUT2D eigenvalue weighted by Gasteiger charge is -2.35. The van der Waals surface area contributed by atoms with Gasteiger partial charge in [-0.05, 0) is 41.0 Å². The smallest absolute Gasteiger partial charge is 0.118 e. The summed E-state index contributed by atoms with van der Waals surface area (Å²) in [6, 6.07) is 25.9. The monoisotopic (exact) mass is 362 g/mol. The van der Waals surface area contributed by atoms with Gasteiger partial charge in [0.15, 0.2) is 0 Å². The topological polar surface area (TPSA) is 70.5 Å². The number of methoxy groups -OCH3 is 2. The van der Waals surface area contributed by atoms with Crippen LogP contribution in [-0.4, -0.2) is 19.9 Å². The number of benzene rings is 3. The molecule has 0 atom stereocenters. The molecule has 0 amide bonds. The van der Waals surface area contributed by atoms with E-state index < -0.39 is 5.66 Å². The van der Waals surface area contributed by atoms with Gasteiger partial charge in [-0.1, -0.05) is 54.6 Å². The Hall–Kier alpha value is -2.82. The first-order valence-electron chi connectivity index (χ1n) is 8.93. The lowest BCUT2D eigenvalue weighted by atomic mass is 9.78. The predicted molar refractivity (Wildman–Crippen MR) is 109 cm³/mol. The average Bonchev–Trinajstić information content (AvgIpc) is 2.69. The van der Waals surface area contributed by atoms with Crippen LogP contribution in [0, 0.1) is 0 Å². The summed E-state index contributed by atoms with van der Waals surface area (Å²) in [6.45, 7) is 0. The Morgan fingerprint density at radius 1 is 0.704 bits per heavy atom. The molecule has 4 nitrogen and oxygen atoms in total. The molecule has 4 heteroatoms. The van der Waals surface area contributed by atoms with Crippen LogP contribution in [0.25, 0.3) is 0 Å². The van der Waals surface area contributed by atoms with Crippen molar-refractivity contribution < 1.29 is 9.47 Å². The molecule has 0 unspecified atom stereocenters. The van der Waals surface area contributed by atoms with E-state index in [0.29, 0.717) is 6.42 Å². The van der Waals surface area contributed by atoms with Gasteiger partial charge in [-0.3, -0.25) is 0 Å². The van der Waals surface area contributed by atoms with Crippen LogP contribution in [0.15, 0.2) is 78.9 Å². The fourth-order valence-corrected chi connectivity index (χ4v) is 3.46. The highest BCUT2D eigenvalue weighted by atomic mass is 16.5. The zero-order chi connectivity index (χ0) is 19.3. The Morgan fingerprint density at radius 3 is 1.56 bits per heavy atom. The summed E-state index contributed by atoms with van der Waals surface area (Å²) in [6.07, 6.45) is 0.552. The maximum absolute atomic E-state index is 6.71. The van der Waals surface area contributed by atoms with Crippen molar-refractivity contribution in [3.8, 4) is 11.5 Å². The summed E-state index contributed by atoms with van der Waals surface area (Å²) in [5, 5.41) is 0. The number of hydrogen-bond donors (Lipinski definition) is 2. The van der Waals surface area contributed by atoms with Gasteiger partial charge in [0, 0.05) is 12.3 Å². The van der Waals surface area contributed by atoms with Crippen LogP contribution >= 0.6 is 0 Å². The van der Waals surface area contributed by atoms with E-state index in [1.54, 1.807) is 14.2 Å².